The molecule has 0 atom stereocenters. The molecule has 3 aromatic heterocycles. The van der Waals surface area contributed by atoms with Crippen LogP contribution in [0.3, 0.4) is 0 Å². The van der Waals surface area contributed by atoms with Crippen LogP contribution in [0, 0.1) is 5.82 Å². The molecule has 0 saturated carbocycles. The smallest absolute Gasteiger partial charge is 0.160 e. The molecule has 7 heteroatoms. The van der Waals surface area contributed by atoms with E-state index in [-0.39, 0.29) is 5.82 Å². The first-order valence-corrected chi connectivity index (χ1v) is 12.6. The SMILES string of the molecule is CN1CCN(c2cccc(-c3cncc(-c4cc(-c5cc(Cl)ccc5F)nc5ncccc45)c3)c2)CC1. The minimum Gasteiger partial charge on any atom is -0.369 e. The number of piperazine rings is 1. The fourth-order valence-corrected chi connectivity index (χ4v) is 4.99. The van der Waals surface area contributed by atoms with E-state index >= 15 is 0 Å². The Labute approximate surface area is 220 Å². The van der Waals surface area contributed by atoms with Crippen molar-refractivity contribution in [3.05, 3.63) is 96.2 Å². The fourth-order valence-electron chi connectivity index (χ4n) is 4.82. The number of rotatable bonds is 4. The quantitative estimate of drug-likeness (QED) is 0.274. The summed E-state index contributed by atoms with van der Waals surface area (Å²) < 4.78 is 14.7. The second kappa shape index (κ2) is 9.88. The van der Waals surface area contributed by atoms with Crippen LogP contribution in [0.5, 0.6) is 0 Å². The van der Waals surface area contributed by atoms with Crippen LogP contribution in [0.4, 0.5) is 10.1 Å². The monoisotopic (exact) mass is 509 g/mol. The van der Waals surface area contributed by atoms with Crippen LogP contribution in [-0.4, -0.2) is 53.1 Å². The molecule has 5 nitrogen and oxygen atoms in total. The number of likely N-dealkylation sites (N-methyl/N-ethyl adjacent to an activating group) is 1. The summed E-state index contributed by atoms with van der Waals surface area (Å²) in [7, 11) is 2.16. The van der Waals surface area contributed by atoms with Crippen LogP contribution in [0.25, 0.3) is 44.5 Å². The lowest BCUT2D eigenvalue weighted by Gasteiger charge is -2.34. The molecule has 0 spiro atoms. The van der Waals surface area contributed by atoms with Crippen molar-refractivity contribution in [3.63, 3.8) is 0 Å². The Morgan fingerprint density at radius 3 is 2.51 bits per heavy atom. The fraction of sp³-hybridized carbons (Fsp3) is 0.167. The zero-order chi connectivity index (χ0) is 25.4. The van der Waals surface area contributed by atoms with Gasteiger partial charge in [0.1, 0.15) is 5.82 Å². The lowest BCUT2D eigenvalue weighted by molar-refractivity contribution is 0.313. The highest BCUT2D eigenvalue weighted by Gasteiger charge is 2.16. The van der Waals surface area contributed by atoms with Gasteiger partial charge in [-0.2, -0.15) is 0 Å². The average Bonchev–Trinajstić information content (AvgIpc) is 2.94. The summed E-state index contributed by atoms with van der Waals surface area (Å²) >= 11 is 6.18. The summed E-state index contributed by atoms with van der Waals surface area (Å²) in [6.07, 6.45) is 5.40. The zero-order valence-electron chi connectivity index (χ0n) is 20.4. The van der Waals surface area contributed by atoms with Gasteiger partial charge in [-0.05, 0) is 72.8 Å². The van der Waals surface area contributed by atoms with Gasteiger partial charge < -0.3 is 9.80 Å². The minimum atomic E-state index is -0.384. The number of hydrogen-bond donors (Lipinski definition) is 0. The maximum atomic E-state index is 14.7. The molecule has 1 aliphatic heterocycles. The predicted octanol–water partition coefficient (Wildman–Crippen LogP) is 6.57. The van der Waals surface area contributed by atoms with Gasteiger partial charge in [0.15, 0.2) is 5.65 Å². The zero-order valence-corrected chi connectivity index (χ0v) is 21.2. The lowest BCUT2D eigenvalue weighted by Crippen LogP contribution is -2.44. The molecule has 2 aromatic carbocycles. The van der Waals surface area contributed by atoms with Crippen molar-refractivity contribution in [3.8, 4) is 33.5 Å². The molecule has 1 fully saturated rings. The molecular weight excluding hydrogens is 485 g/mol. The van der Waals surface area contributed by atoms with Gasteiger partial charge in [0.05, 0.1) is 5.69 Å². The van der Waals surface area contributed by atoms with Gasteiger partial charge in [-0.25, -0.2) is 14.4 Å². The molecule has 6 rings (SSSR count). The third-order valence-electron chi connectivity index (χ3n) is 6.89. The van der Waals surface area contributed by atoms with E-state index in [1.165, 1.54) is 17.8 Å². The molecule has 0 unspecified atom stereocenters. The Kier molecular flexibility index (Phi) is 6.28. The Morgan fingerprint density at radius 2 is 1.65 bits per heavy atom. The van der Waals surface area contributed by atoms with Crippen LogP contribution in [0.15, 0.2) is 85.3 Å². The Balaban J connectivity index is 1.44. The summed E-state index contributed by atoms with van der Waals surface area (Å²) in [5.41, 5.74) is 6.48. The van der Waals surface area contributed by atoms with E-state index in [2.05, 4.69) is 62.1 Å². The van der Waals surface area contributed by atoms with Crippen molar-refractivity contribution < 1.29 is 4.39 Å². The lowest BCUT2D eigenvalue weighted by atomic mass is 9.98. The number of fused-ring (bicyclic) bond motifs is 1. The third-order valence-corrected chi connectivity index (χ3v) is 7.12. The van der Waals surface area contributed by atoms with Crippen LogP contribution in [-0.2, 0) is 0 Å². The van der Waals surface area contributed by atoms with Gasteiger partial charge >= 0.3 is 0 Å². The summed E-state index contributed by atoms with van der Waals surface area (Å²) in [4.78, 5) is 18.5. The number of halogens is 2. The topological polar surface area (TPSA) is 45.2 Å². The molecule has 0 amide bonds. The highest BCUT2D eigenvalue weighted by atomic mass is 35.5. The second-order valence-electron chi connectivity index (χ2n) is 9.36. The molecular formula is C30H25ClFN5. The van der Waals surface area contributed by atoms with Crippen molar-refractivity contribution >= 4 is 28.3 Å². The summed E-state index contributed by atoms with van der Waals surface area (Å²) in [6.45, 7) is 4.13. The molecule has 4 heterocycles. The van der Waals surface area contributed by atoms with Crippen LogP contribution < -0.4 is 4.90 Å². The average molecular weight is 510 g/mol. The summed E-state index contributed by atoms with van der Waals surface area (Å²) in [5, 5.41) is 1.32. The van der Waals surface area contributed by atoms with E-state index in [4.69, 9.17) is 11.6 Å². The van der Waals surface area contributed by atoms with E-state index in [1.54, 1.807) is 12.3 Å². The van der Waals surface area contributed by atoms with Gasteiger partial charge in [0.2, 0.25) is 0 Å². The normalized spacial score (nSPS) is 14.3. The molecule has 1 saturated heterocycles. The maximum Gasteiger partial charge on any atom is 0.160 e. The summed E-state index contributed by atoms with van der Waals surface area (Å²) in [5.74, 6) is -0.384. The number of hydrogen-bond acceptors (Lipinski definition) is 5. The van der Waals surface area contributed by atoms with Crippen LogP contribution >= 0.6 is 11.6 Å². The predicted molar refractivity (Wildman–Crippen MR) is 148 cm³/mol. The van der Waals surface area contributed by atoms with E-state index in [0.717, 1.165) is 53.8 Å². The molecule has 37 heavy (non-hydrogen) atoms. The van der Waals surface area contributed by atoms with Gasteiger partial charge in [0.25, 0.3) is 0 Å². The molecule has 5 aromatic rings. The molecule has 0 aliphatic carbocycles. The molecule has 1 aliphatic rings. The van der Waals surface area contributed by atoms with Crippen molar-refractivity contribution in [2.45, 2.75) is 0 Å². The van der Waals surface area contributed by atoms with Crippen molar-refractivity contribution in [1.29, 1.82) is 0 Å². The van der Waals surface area contributed by atoms with E-state index in [9.17, 15) is 4.39 Å². The van der Waals surface area contributed by atoms with Crippen molar-refractivity contribution in [2.24, 2.45) is 0 Å². The maximum absolute atomic E-state index is 14.7. The first-order valence-electron chi connectivity index (χ1n) is 12.3. The first kappa shape index (κ1) is 23.5. The largest absolute Gasteiger partial charge is 0.369 e. The van der Waals surface area contributed by atoms with Crippen molar-refractivity contribution in [1.82, 2.24) is 19.9 Å². The number of aromatic nitrogens is 3. The second-order valence-corrected chi connectivity index (χ2v) is 9.79. The number of nitrogens with zero attached hydrogens (tertiary/aromatic N) is 5. The minimum absolute atomic E-state index is 0.338. The first-order chi connectivity index (χ1) is 18.0. The van der Waals surface area contributed by atoms with Gasteiger partial charge in [-0.3, -0.25) is 4.98 Å². The highest BCUT2D eigenvalue weighted by Crippen LogP contribution is 2.35. The highest BCUT2D eigenvalue weighted by molar-refractivity contribution is 6.30. The van der Waals surface area contributed by atoms with Crippen LogP contribution in [0.1, 0.15) is 0 Å². The van der Waals surface area contributed by atoms with Gasteiger partial charge in [0, 0.05) is 77.6 Å². The Morgan fingerprint density at radius 1 is 0.811 bits per heavy atom. The third kappa shape index (κ3) is 4.78. The summed E-state index contributed by atoms with van der Waals surface area (Å²) in [6, 6.07) is 21.0. The molecule has 0 radical (unpaired) electrons. The van der Waals surface area contributed by atoms with E-state index < -0.39 is 0 Å². The van der Waals surface area contributed by atoms with E-state index in [1.807, 2.05) is 30.6 Å². The number of benzene rings is 2. The van der Waals surface area contributed by atoms with Gasteiger partial charge in [-0.15, -0.1) is 0 Å². The van der Waals surface area contributed by atoms with Crippen LogP contribution in [0.2, 0.25) is 5.02 Å². The van der Waals surface area contributed by atoms with E-state index in [0.29, 0.717) is 21.9 Å². The molecule has 0 N–H and O–H groups in total. The Bertz CT molecular complexity index is 1600. The Hall–Kier alpha value is -3.87. The number of anilines is 1. The number of pyridine rings is 3. The van der Waals surface area contributed by atoms with Crippen molar-refractivity contribution in [2.75, 3.05) is 38.1 Å². The molecule has 184 valence electrons. The standard InChI is InChI=1S/C30H25ClFN5/c1-36-10-12-37(13-11-36)24-5-2-4-20(15-24)21-14-22(19-33-18-21)26-17-29(27-16-23(31)7-8-28(27)32)35-30-25(26)6-3-9-34-30/h2-9,14-19H,10-13H2,1H3. The molecule has 0 bridgehead atoms. The van der Waals surface area contributed by atoms with Gasteiger partial charge in [-0.1, -0.05) is 23.7 Å².